The van der Waals surface area contributed by atoms with Gasteiger partial charge in [0.1, 0.15) is 5.75 Å². The molecule has 0 aliphatic rings. The van der Waals surface area contributed by atoms with Gasteiger partial charge < -0.3 is 14.5 Å². The van der Waals surface area contributed by atoms with Crippen LogP contribution in [0.5, 0.6) is 5.75 Å². The van der Waals surface area contributed by atoms with Gasteiger partial charge in [-0.05, 0) is 19.1 Å². The van der Waals surface area contributed by atoms with E-state index in [0.29, 0.717) is 6.01 Å². The number of oxazole rings is 1. The maximum Gasteiger partial charge on any atom is 0.295 e. The Hall–Kier alpha value is -1.97. The summed E-state index contributed by atoms with van der Waals surface area (Å²) in [6, 6.07) is 8.24. The number of methoxy groups -OCH3 is 1. The predicted octanol–water partition coefficient (Wildman–Crippen LogP) is 2.70. The number of rotatable bonds is 3. The van der Waals surface area contributed by atoms with Gasteiger partial charge in [0.05, 0.1) is 12.8 Å². The van der Waals surface area contributed by atoms with E-state index in [2.05, 4.69) is 10.3 Å². The van der Waals surface area contributed by atoms with Gasteiger partial charge in [0.2, 0.25) is 0 Å². The van der Waals surface area contributed by atoms with Crippen molar-refractivity contribution in [3.63, 3.8) is 0 Å². The van der Waals surface area contributed by atoms with Crippen LogP contribution < -0.4 is 10.1 Å². The first-order valence-corrected chi connectivity index (χ1v) is 5.04. The average molecular weight is 218 g/mol. The topological polar surface area (TPSA) is 47.3 Å². The van der Waals surface area contributed by atoms with Crippen LogP contribution in [0.3, 0.4) is 0 Å². The molecular weight excluding hydrogens is 204 g/mol. The highest BCUT2D eigenvalue weighted by molar-refractivity contribution is 5.62. The molecule has 1 aromatic heterocycles. The van der Waals surface area contributed by atoms with Crippen molar-refractivity contribution in [3.05, 3.63) is 30.0 Å². The summed E-state index contributed by atoms with van der Waals surface area (Å²) in [7, 11) is 3.42. The second-order valence-electron chi connectivity index (χ2n) is 3.42. The van der Waals surface area contributed by atoms with Crippen LogP contribution in [0.15, 0.2) is 28.7 Å². The van der Waals surface area contributed by atoms with Crippen molar-refractivity contribution >= 4 is 6.01 Å². The second-order valence-corrected chi connectivity index (χ2v) is 3.42. The molecule has 2 rings (SSSR count). The molecule has 1 aromatic carbocycles. The minimum atomic E-state index is 0.523. The number of nitrogens with one attached hydrogen (secondary N) is 1. The lowest BCUT2D eigenvalue weighted by Crippen LogP contribution is -1.85. The SMILES string of the molecule is CNc1nc(C)c(-c2cccc(OC)c2)o1. The van der Waals surface area contributed by atoms with Gasteiger partial charge in [0.15, 0.2) is 5.76 Å². The lowest BCUT2D eigenvalue weighted by atomic mass is 10.1. The summed E-state index contributed by atoms with van der Waals surface area (Å²) < 4.78 is 10.7. The molecule has 0 spiro atoms. The summed E-state index contributed by atoms with van der Waals surface area (Å²) in [5.41, 5.74) is 1.82. The van der Waals surface area contributed by atoms with Crippen molar-refractivity contribution in [2.24, 2.45) is 0 Å². The highest BCUT2D eigenvalue weighted by Gasteiger charge is 2.11. The minimum absolute atomic E-state index is 0.523. The Morgan fingerprint density at radius 3 is 2.81 bits per heavy atom. The first-order valence-electron chi connectivity index (χ1n) is 5.04. The lowest BCUT2D eigenvalue weighted by molar-refractivity contribution is 0.415. The summed E-state index contributed by atoms with van der Waals surface area (Å²) in [5.74, 6) is 1.57. The molecule has 0 unspecified atom stereocenters. The molecule has 1 N–H and O–H groups in total. The van der Waals surface area contributed by atoms with Crippen molar-refractivity contribution in [1.82, 2.24) is 4.98 Å². The smallest absolute Gasteiger partial charge is 0.295 e. The van der Waals surface area contributed by atoms with Crippen LogP contribution in [0.2, 0.25) is 0 Å². The first kappa shape index (κ1) is 10.5. The average Bonchev–Trinajstić information content (AvgIpc) is 2.71. The van der Waals surface area contributed by atoms with E-state index in [-0.39, 0.29) is 0 Å². The summed E-state index contributed by atoms with van der Waals surface area (Å²) in [6.45, 7) is 1.92. The van der Waals surface area contributed by atoms with Crippen LogP contribution in [0.1, 0.15) is 5.69 Å². The highest BCUT2D eigenvalue weighted by Crippen LogP contribution is 2.28. The number of nitrogens with zero attached hydrogens (tertiary/aromatic N) is 1. The standard InChI is InChI=1S/C12H14N2O2/c1-8-11(16-12(13-2)14-8)9-5-4-6-10(7-9)15-3/h4-7H,1-3H3,(H,13,14). The van der Waals surface area contributed by atoms with E-state index in [1.807, 2.05) is 31.2 Å². The predicted molar refractivity (Wildman–Crippen MR) is 62.8 cm³/mol. The van der Waals surface area contributed by atoms with E-state index in [9.17, 15) is 0 Å². The normalized spacial score (nSPS) is 10.2. The largest absolute Gasteiger partial charge is 0.497 e. The fourth-order valence-corrected chi connectivity index (χ4v) is 1.54. The molecule has 0 atom stereocenters. The molecule has 0 saturated carbocycles. The summed E-state index contributed by atoms with van der Waals surface area (Å²) in [6.07, 6.45) is 0. The fourth-order valence-electron chi connectivity index (χ4n) is 1.54. The third-order valence-corrected chi connectivity index (χ3v) is 2.34. The van der Waals surface area contributed by atoms with Crippen LogP contribution in [0.25, 0.3) is 11.3 Å². The summed E-state index contributed by atoms with van der Waals surface area (Å²) in [4.78, 5) is 4.24. The Morgan fingerprint density at radius 1 is 1.38 bits per heavy atom. The van der Waals surface area contributed by atoms with E-state index in [1.165, 1.54) is 0 Å². The Morgan fingerprint density at radius 2 is 2.19 bits per heavy atom. The lowest BCUT2D eigenvalue weighted by Gasteiger charge is -2.01. The van der Waals surface area contributed by atoms with E-state index in [1.54, 1.807) is 14.2 Å². The minimum Gasteiger partial charge on any atom is -0.497 e. The molecule has 4 nitrogen and oxygen atoms in total. The van der Waals surface area contributed by atoms with E-state index in [4.69, 9.17) is 9.15 Å². The van der Waals surface area contributed by atoms with E-state index >= 15 is 0 Å². The maximum absolute atomic E-state index is 5.57. The molecule has 1 heterocycles. The van der Waals surface area contributed by atoms with E-state index < -0.39 is 0 Å². The number of aromatic nitrogens is 1. The number of aryl methyl sites for hydroxylation is 1. The van der Waals surface area contributed by atoms with Crippen LogP contribution in [0, 0.1) is 6.92 Å². The molecule has 4 heteroatoms. The fraction of sp³-hybridized carbons (Fsp3) is 0.250. The molecule has 2 aromatic rings. The molecule has 0 saturated heterocycles. The molecular formula is C12H14N2O2. The Labute approximate surface area is 94.3 Å². The Balaban J connectivity index is 2.45. The number of ether oxygens (including phenoxy) is 1. The number of anilines is 1. The molecule has 0 amide bonds. The van der Waals surface area contributed by atoms with Crippen molar-refractivity contribution in [3.8, 4) is 17.1 Å². The van der Waals surface area contributed by atoms with Crippen molar-refractivity contribution in [2.75, 3.05) is 19.5 Å². The first-order chi connectivity index (χ1) is 7.74. The van der Waals surface area contributed by atoms with Gasteiger partial charge in [-0.25, -0.2) is 0 Å². The summed E-state index contributed by atoms with van der Waals surface area (Å²) >= 11 is 0. The van der Waals surface area contributed by atoms with Crippen LogP contribution in [0.4, 0.5) is 6.01 Å². The highest BCUT2D eigenvalue weighted by atomic mass is 16.5. The molecule has 0 aliphatic heterocycles. The van der Waals surface area contributed by atoms with Crippen molar-refractivity contribution < 1.29 is 9.15 Å². The summed E-state index contributed by atoms with van der Waals surface area (Å²) in [5, 5.41) is 2.88. The van der Waals surface area contributed by atoms with Gasteiger partial charge in [-0.1, -0.05) is 12.1 Å². The van der Waals surface area contributed by atoms with Gasteiger partial charge in [0, 0.05) is 12.6 Å². The van der Waals surface area contributed by atoms with Crippen LogP contribution in [-0.4, -0.2) is 19.1 Å². The number of benzene rings is 1. The molecule has 0 radical (unpaired) electrons. The molecule has 16 heavy (non-hydrogen) atoms. The van der Waals surface area contributed by atoms with Crippen LogP contribution in [-0.2, 0) is 0 Å². The third-order valence-electron chi connectivity index (χ3n) is 2.34. The van der Waals surface area contributed by atoms with Crippen LogP contribution >= 0.6 is 0 Å². The van der Waals surface area contributed by atoms with Crippen molar-refractivity contribution in [2.45, 2.75) is 6.92 Å². The van der Waals surface area contributed by atoms with E-state index in [0.717, 1.165) is 22.8 Å². The van der Waals surface area contributed by atoms with Crippen molar-refractivity contribution in [1.29, 1.82) is 0 Å². The number of hydrogen-bond donors (Lipinski definition) is 1. The van der Waals surface area contributed by atoms with Gasteiger partial charge in [-0.2, -0.15) is 4.98 Å². The Kier molecular flexibility index (Phi) is 2.81. The second kappa shape index (κ2) is 4.26. The van der Waals surface area contributed by atoms with Gasteiger partial charge in [0.25, 0.3) is 6.01 Å². The zero-order valence-corrected chi connectivity index (χ0v) is 9.57. The molecule has 0 aliphatic carbocycles. The maximum atomic E-state index is 5.57. The van der Waals surface area contributed by atoms with Gasteiger partial charge >= 0.3 is 0 Å². The Bertz CT molecular complexity index is 492. The zero-order chi connectivity index (χ0) is 11.5. The van der Waals surface area contributed by atoms with Gasteiger partial charge in [-0.15, -0.1) is 0 Å². The van der Waals surface area contributed by atoms with Gasteiger partial charge in [-0.3, -0.25) is 0 Å². The molecule has 0 fully saturated rings. The number of hydrogen-bond acceptors (Lipinski definition) is 4. The quantitative estimate of drug-likeness (QED) is 0.860. The molecule has 0 bridgehead atoms. The zero-order valence-electron chi connectivity index (χ0n) is 9.57. The monoisotopic (exact) mass is 218 g/mol. The molecule has 84 valence electrons. The third kappa shape index (κ3) is 1.86.